The number of unbranched alkanes of at least 4 members (excludes halogenated alkanes) is 1. The Bertz CT molecular complexity index is 254. The number of furan rings is 1. The van der Waals surface area contributed by atoms with Gasteiger partial charge < -0.3 is 9.21 Å². The van der Waals surface area contributed by atoms with Crippen molar-refractivity contribution in [3.05, 3.63) is 24.2 Å². The first-order chi connectivity index (χ1) is 6.79. The fraction of sp³-hybridized carbons (Fsp3) is 0.545. The average Bonchev–Trinajstić information content (AvgIpc) is 2.63. The summed E-state index contributed by atoms with van der Waals surface area (Å²) in [6.45, 7) is 1.65. The first-order valence-corrected chi connectivity index (χ1v) is 6.04. The van der Waals surface area contributed by atoms with Crippen LogP contribution in [0.25, 0.3) is 0 Å². The van der Waals surface area contributed by atoms with Crippen LogP contribution in [-0.2, 0) is 10.5 Å². The molecule has 0 fully saturated rings. The van der Waals surface area contributed by atoms with E-state index in [1.54, 1.807) is 13.2 Å². The van der Waals surface area contributed by atoms with E-state index in [9.17, 15) is 4.79 Å². The van der Waals surface area contributed by atoms with Crippen molar-refractivity contribution in [3.63, 3.8) is 0 Å². The maximum absolute atomic E-state index is 10.6. The van der Waals surface area contributed by atoms with Gasteiger partial charge in [-0.3, -0.25) is 0 Å². The second-order valence-electron chi connectivity index (χ2n) is 3.29. The van der Waals surface area contributed by atoms with Crippen molar-refractivity contribution in [2.75, 3.05) is 5.75 Å². The molecule has 0 atom stereocenters. The number of thioether (sulfide) groups is 1. The molecular weight excluding hydrogens is 196 g/mol. The SMILES string of the molecule is CC(=O)CCCCSCc1ccco1. The molecule has 0 bridgehead atoms. The molecule has 2 nitrogen and oxygen atoms in total. The van der Waals surface area contributed by atoms with E-state index in [-0.39, 0.29) is 0 Å². The smallest absolute Gasteiger partial charge is 0.129 e. The van der Waals surface area contributed by atoms with Crippen LogP contribution < -0.4 is 0 Å². The Hall–Kier alpha value is -0.700. The lowest BCUT2D eigenvalue weighted by Crippen LogP contribution is -1.90. The second kappa shape index (κ2) is 6.71. The maximum atomic E-state index is 10.6. The molecule has 0 aliphatic rings. The Labute approximate surface area is 89.1 Å². The third-order valence-corrected chi connectivity index (χ3v) is 2.96. The molecule has 1 rings (SSSR count). The van der Waals surface area contributed by atoms with Crippen LogP contribution in [0.2, 0.25) is 0 Å². The quantitative estimate of drug-likeness (QED) is 0.650. The highest BCUT2D eigenvalue weighted by molar-refractivity contribution is 7.98. The minimum atomic E-state index is 0.293. The zero-order chi connectivity index (χ0) is 10.2. The lowest BCUT2D eigenvalue weighted by atomic mass is 10.2. The fourth-order valence-corrected chi connectivity index (χ4v) is 2.06. The molecule has 0 saturated carbocycles. The maximum Gasteiger partial charge on any atom is 0.129 e. The Balaban J connectivity index is 1.92. The van der Waals surface area contributed by atoms with Crippen LogP contribution in [0.15, 0.2) is 22.8 Å². The molecule has 0 saturated heterocycles. The van der Waals surface area contributed by atoms with E-state index < -0.39 is 0 Å². The molecule has 0 aliphatic heterocycles. The van der Waals surface area contributed by atoms with Gasteiger partial charge in [0.2, 0.25) is 0 Å². The molecule has 0 unspecified atom stereocenters. The highest BCUT2D eigenvalue weighted by atomic mass is 32.2. The summed E-state index contributed by atoms with van der Waals surface area (Å²) < 4.78 is 5.20. The van der Waals surface area contributed by atoms with E-state index in [1.165, 1.54) is 0 Å². The fourth-order valence-electron chi connectivity index (χ4n) is 1.15. The summed E-state index contributed by atoms with van der Waals surface area (Å²) >= 11 is 1.86. The number of carbonyl (C=O) groups is 1. The zero-order valence-corrected chi connectivity index (χ0v) is 9.31. The molecule has 0 amide bonds. The van der Waals surface area contributed by atoms with Crippen molar-refractivity contribution in [2.45, 2.75) is 31.9 Å². The molecule has 1 aromatic rings. The predicted octanol–water partition coefficient (Wildman–Crippen LogP) is 3.27. The molecule has 14 heavy (non-hydrogen) atoms. The van der Waals surface area contributed by atoms with E-state index in [2.05, 4.69) is 0 Å². The van der Waals surface area contributed by atoms with E-state index in [4.69, 9.17) is 4.42 Å². The summed E-state index contributed by atoms with van der Waals surface area (Å²) in [4.78, 5) is 10.6. The number of hydrogen-bond acceptors (Lipinski definition) is 3. The van der Waals surface area contributed by atoms with Crippen LogP contribution in [0.1, 0.15) is 31.9 Å². The molecule has 1 aromatic heterocycles. The number of hydrogen-bond donors (Lipinski definition) is 0. The number of carbonyl (C=O) groups excluding carboxylic acids is 1. The molecule has 0 spiro atoms. The van der Waals surface area contributed by atoms with Gasteiger partial charge in [0.15, 0.2) is 0 Å². The van der Waals surface area contributed by atoms with Crippen molar-refractivity contribution in [3.8, 4) is 0 Å². The van der Waals surface area contributed by atoms with Gasteiger partial charge in [0.05, 0.1) is 12.0 Å². The zero-order valence-electron chi connectivity index (χ0n) is 8.49. The largest absolute Gasteiger partial charge is 0.468 e. The van der Waals surface area contributed by atoms with Gasteiger partial charge >= 0.3 is 0 Å². The summed E-state index contributed by atoms with van der Waals surface area (Å²) in [5.74, 6) is 3.36. The van der Waals surface area contributed by atoms with Gasteiger partial charge in [-0.2, -0.15) is 11.8 Å². The molecule has 3 heteroatoms. The summed E-state index contributed by atoms with van der Waals surface area (Å²) in [6, 6.07) is 3.90. The van der Waals surface area contributed by atoms with Gasteiger partial charge in [-0.05, 0) is 37.7 Å². The van der Waals surface area contributed by atoms with Crippen LogP contribution in [0.5, 0.6) is 0 Å². The molecule has 0 radical (unpaired) electrons. The van der Waals surface area contributed by atoms with Crippen molar-refractivity contribution in [1.29, 1.82) is 0 Å². The standard InChI is InChI=1S/C11H16O2S/c1-10(12)5-2-3-8-14-9-11-6-4-7-13-11/h4,6-7H,2-3,5,8-9H2,1H3. The first-order valence-electron chi connectivity index (χ1n) is 4.88. The van der Waals surface area contributed by atoms with E-state index in [0.29, 0.717) is 5.78 Å². The Morgan fingerprint density at radius 1 is 1.50 bits per heavy atom. The number of Topliss-reactive ketones (excluding diaryl/α,β-unsaturated/α-hetero) is 1. The Morgan fingerprint density at radius 3 is 3.00 bits per heavy atom. The van der Waals surface area contributed by atoms with Gasteiger partial charge in [0.25, 0.3) is 0 Å². The third kappa shape index (κ3) is 5.12. The van der Waals surface area contributed by atoms with Gasteiger partial charge in [-0.25, -0.2) is 0 Å². The van der Waals surface area contributed by atoms with Gasteiger partial charge in [0.1, 0.15) is 11.5 Å². The van der Waals surface area contributed by atoms with Crippen LogP contribution in [0.4, 0.5) is 0 Å². The van der Waals surface area contributed by atoms with E-state index in [0.717, 1.165) is 36.5 Å². The van der Waals surface area contributed by atoms with Crippen molar-refractivity contribution < 1.29 is 9.21 Å². The summed E-state index contributed by atoms with van der Waals surface area (Å²) in [6.07, 6.45) is 4.55. The normalized spacial score (nSPS) is 10.4. The van der Waals surface area contributed by atoms with Gasteiger partial charge in [-0.15, -0.1) is 0 Å². The highest BCUT2D eigenvalue weighted by Gasteiger charge is 1.97. The lowest BCUT2D eigenvalue weighted by Gasteiger charge is -1.98. The minimum absolute atomic E-state index is 0.293. The monoisotopic (exact) mass is 212 g/mol. The van der Waals surface area contributed by atoms with Gasteiger partial charge in [-0.1, -0.05) is 0 Å². The Morgan fingerprint density at radius 2 is 2.36 bits per heavy atom. The molecule has 78 valence electrons. The van der Waals surface area contributed by atoms with Gasteiger partial charge in [0, 0.05) is 6.42 Å². The summed E-state index contributed by atoms with van der Waals surface area (Å²) in [5.41, 5.74) is 0. The van der Waals surface area contributed by atoms with Crippen LogP contribution in [0, 0.1) is 0 Å². The third-order valence-electron chi connectivity index (χ3n) is 1.89. The average molecular weight is 212 g/mol. The summed E-state index contributed by atoms with van der Waals surface area (Å²) in [7, 11) is 0. The van der Waals surface area contributed by atoms with Crippen LogP contribution in [-0.4, -0.2) is 11.5 Å². The van der Waals surface area contributed by atoms with Crippen molar-refractivity contribution in [2.24, 2.45) is 0 Å². The lowest BCUT2D eigenvalue weighted by molar-refractivity contribution is -0.117. The predicted molar refractivity (Wildman–Crippen MR) is 59.4 cm³/mol. The molecular formula is C11H16O2S. The minimum Gasteiger partial charge on any atom is -0.468 e. The van der Waals surface area contributed by atoms with Crippen LogP contribution >= 0.6 is 11.8 Å². The highest BCUT2D eigenvalue weighted by Crippen LogP contribution is 2.14. The van der Waals surface area contributed by atoms with E-state index in [1.807, 2.05) is 23.9 Å². The van der Waals surface area contributed by atoms with E-state index >= 15 is 0 Å². The van der Waals surface area contributed by atoms with Crippen molar-refractivity contribution >= 4 is 17.5 Å². The first kappa shape index (κ1) is 11.4. The summed E-state index contributed by atoms with van der Waals surface area (Å²) in [5, 5.41) is 0. The van der Waals surface area contributed by atoms with Crippen molar-refractivity contribution in [1.82, 2.24) is 0 Å². The Kier molecular flexibility index (Phi) is 5.45. The number of rotatable bonds is 7. The molecule has 0 aliphatic carbocycles. The van der Waals surface area contributed by atoms with Crippen LogP contribution in [0.3, 0.4) is 0 Å². The number of ketones is 1. The molecule has 0 aromatic carbocycles. The second-order valence-corrected chi connectivity index (χ2v) is 4.40. The topological polar surface area (TPSA) is 30.2 Å². The molecule has 1 heterocycles. The molecule has 0 N–H and O–H groups in total.